The van der Waals surface area contributed by atoms with Crippen molar-refractivity contribution in [2.24, 2.45) is 11.1 Å². The fourth-order valence-electron chi connectivity index (χ4n) is 5.08. The van der Waals surface area contributed by atoms with E-state index >= 15 is 0 Å². The number of rotatable bonds is 11. The standard InChI is InChI=1S/C36H33ClN2O4S/c1-5-39-32-16-10-24(34(40)28-9-7-6-8-23(28)4)20-29(32)30-21-25(11-17-33(30)39)35(41)31(38-43-36(42)22(2)3)18-19-44-27-14-12-26(37)13-15-27/h6-17,20-22H,5,18-19H2,1-4H3. The second-order valence-corrected chi connectivity index (χ2v) is 12.4. The molecule has 1 heterocycles. The summed E-state index contributed by atoms with van der Waals surface area (Å²) in [5, 5.41) is 6.44. The Morgan fingerprint density at radius 2 is 1.52 bits per heavy atom. The highest BCUT2D eigenvalue weighted by molar-refractivity contribution is 7.99. The Hall–Kier alpha value is -4.20. The second kappa shape index (κ2) is 13.6. The van der Waals surface area contributed by atoms with Gasteiger partial charge in [0.2, 0.25) is 5.78 Å². The molecule has 4 aromatic carbocycles. The van der Waals surface area contributed by atoms with Gasteiger partial charge in [-0.05, 0) is 80.1 Å². The number of nitrogens with zero attached hydrogens (tertiary/aromatic N) is 2. The van der Waals surface area contributed by atoms with Gasteiger partial charge in [0.15, 0.2) is 5.78 Å². The molecule has 0 saturated carbocycles. The lowest BCUT2D eigenvalue weighted by Crippen LogP contribution is -2.18. The Bertz CT molecular complexity index is 1910. The van der Waals surface area contributed by atoms with E-state index < -0.39 is 5.97 Å². The first-order chi connectivity index (χ1) is 21.2. The number of ketones is 2. The average molecular weight is 625 g/mol. The van der Waals surface area contributed by atoms with E-state index in [4.69, 9.17) is 16.4 Å². The molecule has 0 fully saturated rings. The Morgan fingerprint density at radius 3 is 2.16 bits per heavy atom. The van der Waals surface area contributed by atoms with Gasteiger partial charge in [-0.25, -0.2) is 4.79 Å². The summed E-state index contributed by atoms with van der Waals surface area (Å²) in [4.78, 5) is 45.7. The van der Waals surface area contributed by atoms with E-state index in [0.29, 0.717) is 33.9 Å². The number of thioether (sulfide) groups is 1. The molecular formula is C36H33ClN2O4S. The van der Waals surface area contributed by atoms with Crippen LogP contribution < -0.4 is 0 Å². The number of fused-ring (bicyclic) bond motifs is 3. The van der Waals surface area contributed by atoms with Gasteiger partial charge in [-0.3, -0.25) is 9.59 Å². The fourth-order valence-corrected chi connectivity index (χ4v) is 6.07. The SMILES string of the molecule is CCn1c2ccc(C(=O)C(CCSc3ccc(Cl)cc3)=NOC(=O)C(C)C)cc2c2cc(C(=O)c3ccccc3C)ccc21. The van der Waals surface area contributed by atoms with E-state index in [1.165, 1.54) is 0 Å². The van der Waals surface area contributed by atoms with Gasteiger partial charge in [0, 0.05) is 67.1 Å². The van der Waals surface area contributed by atoms with Crippen molar-refractivity contribution in [1.29, 1.82) is 0 Å². The average Bonchev–Trinajstić information content (AvgIpc) is 3.35. The van der Waals surface area contributed by atoms with Crippen LogP contribution in [0.5, 0.6) is 0 Å². The smallest absolute Gasteiger partial charge is 0.337 e. The second-order valence-electron chi connectivity index (χ2n) is 10.8. The molecule has 0 aliphatic rings. The van der Waals surface area contributed by atoms with Gasteiger partial charge in [-0.15, -0.1) is 11.8 Å². The van der Waals surface area contributed by atoms with Crippen LogP contribution in [0.15, 0.2) is 95.0 Å². The molecule has 0 unspecified atom stereocenters. The van der Waals surface area contributed by atoms with Crippen LogP contribution in [0.1, 0.15) is 59.0 Å². The zero-order valence-corrected chi connectivity index (χ0v) is 26.7. The Labute approximate surface area is 266 Å². The molecule has 0 atom stereocenters. The lowest BCUT2D eigenvalue weighted by molar-refractivity contribution is -0.147. The number of aromatic nitrogens is 1. The first kappa shape index (κ1) is 31.2. The predicted octanol–water partition coefficient (Wildman–Crippen LogP) is 8.93. The van der Waals surface area contributed by atoms with Crippen molar-refractivity contribution < 1.29 is 19.2 Å². The molecular weight excluding hydrogens is 592 g/mol. The molecule has 0 radical (unpaired) electrons. The maximum atomic E-state index is 13.9. The third-order valence-corrected chi connectivity index (χ3v) is 8.76. The molecule has 0 bridgehead atoms. The van der Waals surface area contributed by atoms with Gasteiger partial charge in [-0.2, -0.15) is 0 Å². The monoisotopic (exact) mass is 624 g/mol. The number of hydrogen-bond donors (Lipinski definition) is 0. The first-order valence-electron chi connectivity index (χ1n) is 14.5. The van der Waals surface area contributed by atoms with Gasteiger partial charge in [0.25, 0.3) is 0 Å². The van der Waals surface area contributed by atoms with E-state index in [2.05, 4.69) is 16.6 Å². The van der Waals surface area contributed by atoms with Gasteiger partial charge >= 0.3 is 5.97 Å². The van der Waals surface area contributed by atoms with Crippen LogP contribution in [-0.4, -0.2) is 33.6 Å². The first-order valence-corrected chi connectivity index (χ1v) is 15.9. The number of hydrogen-bond acceptors (Lipinski definition) is 6. The van der Waals surface area contributed by atoms with E-state index in [1.54, 1.807) is 31.7 Å². The van der Waals surface area contributed by atoms with E-state index in [0.717, 1.165) is 38.8 Å². The van der Waals surface area contributed by atoms with Crippen LogP contribution in [0.3, 0.4) is 0 Å². The number of carbonyl (C=O) groups excluding carboxylic acids is 3. The lowest BCUT2D eigenvalue weighted by Gasteiger charge is -2.08. The third-order valence-electron chi connectivity index (χ3n) is 7.50. The molecule has 6 nitrogen and oxygen atoms in total. The minimum Gasteiger partial charge on any atom is -0.341 e. The molecule has 1 aromatic heterocycles. The summed E-state index contributed by atoms with van der Waals surface area (Å²) in [6.45, 7) is 8.14. The number of aryl methyl sites for hydroxylation is 2. The molecule has 0 amide bonds. The topological polar surface area (TPSA) is 77.7 Å². The van der Waals surface area contributed by atoms with Crippen molar-refractivity contribution in [1.82, 2.24) is 4.57 Å². The summed E-state index contributed by atoms with van der Waals surface area (Å²) in [5.74, 6) is -0.703. The summed E-state index contributed by atoms with van der Waals surface area (Å²) in [6, 6.07) is 26.3. The van der Waals surface area contributed by atoms with Crippen LogP contribution in [-0.2, 0) is 16.2 Å². The van der Waals surface area contributed by atoms with Gasteiger partial charge in [0.05, 0.1) is 5.92 Å². The zero-order valence-electron chi connectivity index (χ0n) is 25.1. The number of oxime groups is 1. The predicted molar refractivity (Wildman–Crippen MR) is 179 cm³/mol. The third kappa shape index (κ3) is 6.64. The Balaban J connectivity index is 1.51. The quantitative estimate of drug-likeness (QED) is 0.0482. The van der Waals surface area contributed by atoms with Crippen molar-refractivity contribution in [3.63, 3.8) is 0 Å². The maximum absolute atomic E-state index is 13.9. The fraction of sp³-hybridized carbons (Fsp3) is 0.222. The summed E-state index contributed by atoms with van der Waals surface area (Å²) in [5.41, 5.74) is 4.69. The molecule has 0 aliphatic heterocycles. The number of carbonyl (C=O) groups is 3. The van der Waals surface area contributed by atoms with E-state index in [1.807, 2.05) is 85.8 Å². The van der Waals surface area contributed by atoms with Crippen molar-refractivity contribution in [3.8, 4) is 0 Å². The van der Waals surface area contributed by atoms with Gasteiger partial charge in [-0.1, -0.05) is 54.9 Å². The minimum absolute atomic E-state index is 0.0470. The molecule has 8 heteroatoms. The number of halogens is 1. The molecule has 0 N–H and O–H groups in total. The Morgan fingerprint density at radius 1 is 0.886 bits per heavy atom. The molecule has 224 valence electrons. The minimum atomic E-state index is -0.507. The molecule has 5 rings (SSSR count). The highest BCUT2D eigenvalue weighted by atomic mass is 35.5. The van der Waals surface area contributed by atoms with Crippen molar-refractivity contribution >= 4 is 68.4 Å². The highest BCUT2D eigenvalue weighted by Gasteiger charge is 2.21. The maximum Gasteiger partial charge on any atom is 0.337 e. The molecule has 0 aliphatic carbocycles. The normalized spacial score (nSPS) is 11.8. The molecule has 5 aromatic rings. The van der Waals surface area contributed by atoms with Gasteiger partial charge < -0.3 is 9.40 Å². The van der Waals surface area contributed by atoms with Gasteiger partial charge in [0.1, 0.15) is 5.71 Å². The summed E-state index contributed by atoms with van der Waals surface area (Å²) < 4.78 is 2.17. The van der Waals surface area contributed by atoms with Crippen molar-refractivity contribution in [2.45, 2.75) is 45.6 Å². The number of Topliss-reactive ketones (excluding diaryl/α,β-unsaturated/α-hetero) is 1. The van der Waals surface area contributed by atoms with Crippen LogP contribution in [0, 0.1) is 12.8 Å². The van der Waals surface area contributed by atoms with Crippen molar-refractivity contribution in [2.75, 3.05) is 5.75 Å². The lowest BCUT2D eigenvalue weighted by atomic mass is 9.97. The Kier molecular flexibility index (Phi) is 9.67. The highest BCUT2D eigenvalue weighted by Crippen LogP contribution is 2.32. The van der Waals surface area contributed by atoms with Crippen LogP contribution >= 0.6 is 23.4 Å². The summed E-state index contributed by atoms with van der Waals surface area (Å²) >= 11 is 7.57. The van der Waals surface area contributed by atoms with Crippen molar-refractivity contribution in [3.05, 3.63) is 112 Å². The van der Waals surface area contributed by atoms with Crippen LogP contribution in [0.25, 0.3) is 21.8 Å². The molecule has 0 spiro atoms. The molecule has 0 saturated heterocycles. The summed E-state index contributed by atoms with van der Waals surface area (Å²) in [7, 11) is 0. The van der Waals surface area contributed by atoms with Crippen LogP contribution in [0.2, 0.25) is 5.02 Å². The van der Waals surface area contributed by atoms with Crippen LogP contribution in [0.4, 0.5) is 0 Å². The number of benzene rings is 4. The molecule has 44 heavy (non-hydrogen) atoms. The largest absolute Gasteiger partial charge is 0.341 e. The zero-order chi connectivity index (χ0) is 31.4. The van der Waals surface area contributed by atoms with E-state index in [9.17, 15) is 14.4 Å². The summed E-state index contributed by atoms with van der Waals surface area (Å²) in [6.07, 6.45) is 0.293. The van der Waals surface area contributed by atoms with E-state index in [-0.39, 0.29) is 23.2 Å².